The molecule has 5 heteroatoms. The SMILES string of the molecule is COc1cc(CC2CCNC2)nc(OC)n1. The summed E-state index contributed by atoms with van der Waals surface area (Å²) in [6.45, 7) is 2.17. The number of ether oxygens (including phenoxy) is 2. The second-order valence-corrected chi connectivity index (χ2v) is 3.95. The average Bonchev–Trinajstić information content (AvgIpc) is 2.81. The molecule has 0 radical (unpaired) electrons. The van der Waals surface area contributed by atoms with Crippen LogP contribution in [0.5, 0.6) is 11.9 Å². The maximum Gasteiger partial charge on any atom is 0.319 e. The molecule has 0 saturated carbocycles. The molecule has 1 unspecified atom stereocenters. The van der Waals surface area contributed by atoms with E-state index in [0.717, 1.165) is 25.2 Å². The molecule has 1 N–H and O–H groups in total. The van der Waals surface area contributed by atoms with Gasteiger partial charge in [0.2, 0.25) is 5.88 Å². The van der Waals surface area contributed by atoms with Crippen LogP contribution in [0.3, 0.4) is 0 Å². The van der Waals surface area contributed by atoms with Gasteiger partial charge in [0.15, 0.2) is 0 Å². The first kappa shape index (κ1) is 11.1. The highest BCUT2D eigenvalue weighted by Gasteiger charge is 2.16. The lowest BCUT2D eigenvalue weighted by atomic mass is 10.0. The number of nitrogens with one attached hydrogen (secondary N) is 1. The zero-order valence-corrected chi connectivity index (χ0v) is 9.69. The van der Waals surface area contributed by atoms with E-state index in [-0.39, 0.29) is 0 Å². The van der Waals surface area contributed by atoms with Gasteiger partial charge in [-0.2, -0.15) is 4.98 Å². The quantitative estimate of drug-likeness (QED) is 0.812. The van der Waals surface area contributed by atoms with Crippen molar-refractivity contribution in [1.29, 1.82) is 0 Å². The fraction of sp³-hybridized carbons (Fsp3) is 0.636. The minimum atomic E-state index is 0.375. The van der Waals surface area contributed by atoms with Crippen LogP contribution in [0.1, 0.15) is 12.1 Å². The predicted octanol–water partition coefficient (Wildman–Crippen LogP) is 0.646. The predicted molar refractivity (Wildman–Crippen MR) is 59.8 cm³/mol. The van der Waals surface area contributed by atoms with Gasteiger partial charge in [0, 0.05) is 6.07 Å². The average molecular weight is 223 g/mol. The van der Waals surface area contributed by atoms with Crippen LogP contribution in [0, 0.1) is 5.92 Å². The maximum atomic E-state index is 5.12. The first-order chi connectivity index (χ1) is 7.81. The van der Waals surface area contributed by atoms with E-state index in [9.17, 15) is 0 Å². The summed E-state index contributed by atoms with van der Waals surface area (Å²) in [6, 6.07) is 2.25. The highest BCUT2D eigenvalue weighted by Crippen LogP contribution is 2.18. The van der Waals surface area contributed by atoms with Gasteiger partial charge < -0.3 is 14.8 Å². The molecule has 0 aromatic carbocycles. The largest absolute Gasteiger partial charge is 0.481 e. The van der Waals surface area contributed by atoms with Crippen molar-refractivity contribution in [3.63, 3.8) is 0 Å². The van der Waals surface area contributed by atoms with Crippen molar-refractivity contribution in [1.82, 2.24) is 15.3 Å². The van der Waals surface area contributed by atoms with E-state index in [4.69, 9.17) is 9.47 Å². The van der Waals surface area contributed by atoms with E-state index in [1.807, 2.05) is 6.07 Å². The van der Waals surface area contributed by atoms with Gasteiger partial charge in [-0.3, -0.25) is 0 Å². The van der Waals surface area contributed by atoms with Gasteiger partial charge in [-0.25, -0.2) is 4.98 Å². The number of methoxy groups -OCH3 is 2. The smallest absolute Gasteiger partial charge is 0.319 e. The number of nitrogens with zero attached hydrogens (tertiary/aromatic N) is 2. The zero-order valence-electron chi connectivity index (χ0n) is 9.69. The molecule has 0 spiro atoms. The zero-order chi connectivity index (χ0) is 11.4. The molecule has 0 bridgehead atoms. The molecular weight excluding hydrogens is 206 g/mol. The molecule has 2 rings (SSSR count). The Hall–Kier alpha value is -1.36. The van der Waals surface area contributed by atoms with Crippen molar-refractivity contribution in [2.24, 2.45) is 5.92 Å². The van der Waals surface area contributed by atoms with Gasteiger partial charge in [0.25, 0.3) is 0 Å². The van der Waals surface area contributed by atoms with Crippen molar-refractivity contribution in [2.45, 2.75) is 12.8 Å². The van der Waals surface area contributed by atoms with Crippen molar-refractivity contribution in [3.05, 3.63) is 11.8 Å². The molecule has 1 aliphatic rings. The Morgan fingerprint density at radius 1 is 1.38 bits per heavy atom. The Morgan fingerprint density at radius 2 is 2.25 bits per heavy atom. The molecule has 1 aliphatic heterocycles. The molecule has 0 amide bonds. The minimum absolute atomic E-state index is 0.375. The molecule has 0 aliphatic carbocycles. The molecule has 2 heterocycles. The highest BCUT2D eigenvalue weighted by molar-refractivity contribution is 5.19. The molecule has 5 nitrogen and oxygen atoms in total. The summed E-state index contributed by atoms with van der Waals surface area (Å²) in [6.07, 6.45) is 2.15. The third kappa shape index (κ3) is 2.61. The molecule has 88 valence electrons. The molecule has 1 aromatic heterocycles. The Morgan fingerprint density at radius 3 is 2.88 bits per heavy atom. The van der Waals surface area contributed by atoms with Crippen LogP contribution < -0.4 is 14.8 Å². The number of hydrogen-bond donors (Lipinski definition) is 1. The molecular formula is C11H17N3O2. The van der Waals surface area contributed by atoms with E-state index in [2.05, 4.69) is 15.3 Å². The van der Waals surface area contributed by atoms with Gasteiger partial charge in [-0.15, -0.1) is 0 Å². The topological polar surface area (TPSA) is 56.3 Å². The summed E-state index contributed by atoms with van der Waals surface area (Å²) in [5, 5.41) is 3.34. The first-order valence-electron chi connectivity index (χ1n) is 5.48. The van der Waals surface area contributed by atoms with Crippen LogP contribution in [-0.4, -0.2) is 37.3 Å². The van der Waals surface area contributed by atoms with Crippen molar-refractivity contribution in [3.8, 4) is 11.9 Å². The number of aromatic nitrogens is 2. The van der Waals surface area contributed by atoms with Gasteiger partial charge in [0.1, 0.15) is 0 Å². The summed E-state index contributed by atoms with van der Waals surface area (Å²) < 4.78 is 10.2. The molecule has 1 atom stereocenters. The van der Waals surface area contributed by atoms with E-state index in [0.29, 0.717) is 17.8 Å². The van der Waals surface area contributed by atoms with Crippen molar-refractivity contribution < 1.29 is 9.47 Å². The number of hydrogen-bond acceptors (Lipinski definition) is 5. The molecule has 1 saturated heterocycles. The lowest BCUT2D eigenvalue weighted by Crippen LogP contribution is -2.12. The van der Waals surface area contributed by atoms with Gasteiger partial charge >= 0.3 is 6.01 Å². The Labute approximate surface area is 95.2 Å². The van der Waals surface area contributed by atoms with Crippen LogP contribution in [-0.2, 0) is 6.42 Å². The second kappa shape index (κ2) is 5.12. The molecule has 16 heavy (non-hydrogen) atoms. The van der Waals surface area contributed by atoms with Crippen LogP contribution in [0.15, 0.2) is 6.07 Å². The van der Waals surface area contributed by atoms with E-state index < -0.39 is 0 Å². The monoisotopic (exact) mass is 223 g/mol. The lowest BCUT2D eigenvalue weighted by Gasteiger charge is -2.09. The summed E-state index contributed by atoms with van der Waals surface area (Å²) >= 11 is 0. The van der Waals surface area contributed by atoms with Gasteiger partial charge in [-0.1, -0.05) is 0 Å². The molecule has 1 aromatic rings. The van der Waals surface area contributed by atoms with Crippen LogP contribution in [0.25, 0.3) is 0 Å². The van der Waals surface area contributed by atoms with Gasteiger partial charge in [-0.05, 0) is 31.8 Å². The Bertz CT molecular complexity index is 329. The van der Waals surface area contributed by atoms with Crippen LogP contribution in [0.2, 0.25) is 0 Å². The Balaban J connectivity index is 2.12. The van der Waals surface area contributed by atoms with Crippen molar-refractivity contribution >= 4 is 0 Å². The first-order valence-corrected chi connectivity index (χ1v) is 5.48. The van der Waals surface area contributed by atoms with E-state index >= 15 is 0 Å². The third-order valence-corrected chi connectivity index (χ3v) is 2.79. The normalized spacial score (nSPS) is 19.8. The lowest BCUT2D eigenvalue weighted by molar-refractivity contribution is 0.348. The summed E-state index contributed by atoms with van der Waals surface area (Å²) in [5.74, 6) is 1.22. The highest BCUT2D eigenvalue weighted by atomic mass is 16.5. The van der Waals surface area contributed by atoms with E-state index in [1.165, 1.54) is 6.42 Å². The standard InChI is InChI=1S/C11H17N3O2/c1-15-10-6-9(13-11(14-10)16-2)5-8-3-4-12-7-8/h6,8,12H,3-5,7H2,1-2H3. The Kier molecular flexibility index (Phi) is 3.56. The maximum absolute atomic E-state index is 5.12. The third-order valence-electron chi connectivity index (χ3n) is 2.79. The van der Waals surface area contributed by atoms with Crippen LogP contribution >= 0.6 is 0 Å². The second-order valence-electron chi connectivity index (χ2n) is 3.95. The van der Waals surface area contributed by atoms with Gasteiger partial charge in [0.05, 0.1) is 19.9 Å². The minimum Gasteiger partial charge on any atom is -0.481 e. The summed E-state index contributed by atoms with van der Waals surface area (Å²) in [5.41, 5.74) is 0.984. The van der Waals surface area contributed by atoms with E-state index in [1.54, 1.807) is 14.2 Å². The summed E-state index contributed by atoms with van der Waals surface area (Å²) in [4.78, 5) is 8.40. The fourth-order valence-electron chi connectivity index (χ4n) is 1.93. The molecule has 1 fully saturated rings. The fourth-order valence-corrected chi connectivity index (χ4v) is 1.93. The van der Waals surface area contributed by atoms with Crippen LogP contribution in [0.4, 0.5) is 0 Å². The van der Waals surface area contributed by atoms with Crippen molar-refractivity contribution in [2.75, 3.05) is 27.3 Å². The summed E-state index contributed by atoms with van der Waals surface area (Å²) in [7, 11) is 3.17. The number of rotatable bonds is 4.